The van der Waals surface area contributed by atoms with Crippen molar-refractivity contribution in [1.82, 2.24) is 25.2 Å². The zero-order chi connectivity index (χ0) is 24.4. The number of piperazine rings is 1. The summed E-state index contributed by atoms with van der Waals surface area (Å²) in [4.78, 5) is 17.5. The van der Waals surface area contributed by atoms with Gasteiger partial charge in [-0.05, 0) is 38.6 Å². The van der Waals surface area contributed by atoms with Crippen molar-refractivity contribution in [2.45, 2.75) is 31.3 Å². The summed E-state index contributed by atoms with van der Waals surface area (Å²) in [7, 11) is 2.05. The zero-order valence-corrected chi connectivity index (χ0v) is 19.5. The Morgan fingerprint density at radius 3 is 2.86 bits per heavy atom. The molecule has 2 aromatic heterocycles. The molecule has 0 unspecified atom stereocenters. The Morgan fingerprint density at radius 1 is 1.23 bits per heavy atom. The number of nitrogens with zero attached hydrogens (tertiary/aromatic N) is 6. The van der Waals surface area contributed by atoms with Gasteiger partial charge in [-0.15, -0.1) is 0 Å². The van der Waals surface area contributed by atoms with Crippen molar-refractivity contribution in [3.05, 3.63) is 42.1 Å². The average Bonchev–Trinajstić information content (AvgIpc) is 3.28. The molecule has 1 aromatic carbocycles. The van der Waals surface area contributed by atoms with Gasteiger partial charge >= 0.3 is 6.01 Å². The molecule has 0 aliphatic carbocycles. The maximum absolute atomic E-state index is 15.8. The smallest absolute Gasteiger partial charge is 0.319 e. The van der Waals surface area contributed by atoms with Gasteiger partial charge in [0.15, 0.2) is 5.82 Å². The highest BCUT2D eigenvalue weighted by atomic mass is 19.1. The second kappa shape index (κ2) is 10.1. The number of benzene rings is 1. The highest BCUT2D eigenvalue weighted by Gasteiger charge is 2.27. The predicted molar refractivity (Wildman–Crippen MR) is 128 cm³/mol. The fraction of sp³-hybridized carbons (Fsp3) is 0.440. The number of fused-ring (bicyclic) bond motifs is 1. The van der Waals surface area contributed by atoms with Crippen molar-refractivity contribution in [3.8, 4) is 23.3 Å². The maximum atomic E-state index is 15.8. The third kappa shape index (κ3) is 4.74. The number of halogens is 2. The van der Waals surface area contributed by atoms with Gasteiger partial charge in [0, 0.05) is 43.5 Å². The lowest BCUT2D eigenvalue weighted by atomic mass is 10.1. The molecule has 1 N–H and O–H groups in total. The fourth-order valence-corrected chi connectivity index (χ4v) is 4.79. The number of nitrogens with one attached hydrogen (secondary N) is 1. The summed E-state index contributed by atoms with van der Waals surface area (Å²) in [5.41, 5.74) is -0.00356. The third-order valence-corrected chi connectivity index (χ3v) is 6.74. The van der Waals surface area contributed by atoms with Gasteiger partial charge in [0.25, 0.3) is 0 Å². The first kappa shape index (κ1) is 23.3. The Hall–Kier alpha value is -3.42. The van der Waals surface area contributed by atoms with Crippen molar-refractivity contribution in [1.29, 1.82) is 5.26 Å². The maximum Gasteiger partial charge on any atom is 0.319 e. The van der Waals surface area contributed by atoms with E-state index >= 15 is 4.39 Å². The van der Waals surface area contributed by atoms with Crippen LogP contribution in [0.5, 0.6) is 6.01 Å². The SMILES string of the molecule is CN1CCC[C@H]1COc1nc(N2CCN[C@@H](CC#N)C2)c2cnc(-c3ccccc3F)c(F)c2n1. The summed E-state index contributed by atoms with van der Waals surface area (Å²) in [6.07, 6.45) is 3.95. The van der Waals surface area contributed by atoms with Crippen LogP contribution in [0.15, 0.2) is 30.5 Å². The van der Waals surface area contributed by atoms with Crippen LogP contribution in [-0.2, 0) is 0 Å². The number of anilines is 1. The van der Waals surface area contributed by atoms with Crippen LogP contribution < -0.4 is 15.0 Å². The number of ether oxygens (including phenoxy) is 1. The summed E-state index contributed by atoms with van der Waals surface area (Å²) >= 11 is 0. The molecule has 2 aliphatic rings. The quantitative estimate of drug-likeness (QED) is 0.577. The van der Waals surface area contributed by atoms with Crippen LogP contribution in [0.4, 0.5) is 14.6 Å². The molecule has 0 saturated carbocycles. The molecule has 0 amide bonds. The van der Waals surface area contributed by atoms with E-state index in [1.807, 2.05) is 4.90 Å². The first-order chi connectivity index (χ1) is 17.0. The summed E-state index contributed by atoms with van der Waals surface area (Å²) in [6.45, 7) is 3.21. The molecule has 2 saturated heterocycles. The molecular weight excluding hydrogens is 452 g/mol. The van der Waals surface area contributed by atoms with Crippen LogP contribution in [0.2, 0.25) is 0 Å². The molecule has 0 radical (unpaired) electrons. The van der Waals surface area contributed by atoms with Gasteiger partial charge < -0.3 is 19.9 Å². The van der Waals surface area contributed by atoms with Gasteiger partial charge in [0.2, 0.25) is 0 Å². The van der Waals surface area contributed by atoms with E-state index in [-0.39, 0.29) is 34.9 Å². The lowest BCUT2D eigenvalue weighted by Gasteiger charge is -2.34. The van der Waals surface area contributed by atoms with Gasteiger partial charge in [0.05, 0.1) is 17.9 Å². The Bertz CT molecular complexity index is 1260. The molecule has 3 aromatic rings. The van der Waals surface area contributed by atoms with E-state index in [0.717, 1.165) is 19.4 Å². The van der Waals surface area contributed by atoms with Crippen molar-refractivity contribution in [2.75, 3.05) is 44.7 Å². The second-order valence-electron chi connectivity index (χ2n) is 9.04. The first-order valence-electron chi connectivity index (χ1n) is 11.8. The topological polar surface area (TPSA) is 90.2 Å². The second-order valence-corrected chi connectivity index (χ2v) is 9.04. The van der Waals surface area contributed by atoms with Gasteiger partial charge in [-0.3, -0.25) is 4.98 Å². The Morgan fingerprint density at radius 2 is 2.09 bits per heavy atom. The minimum absolute atomic E-state index is 0.0356. The van der Waals surface area contributed by atoms with E-state index in [1.165, 1.54) is 18.3 Å². The van der Waals surface area contributed by atoms with Crippen molar-refractivity contribution < 1.29 is 13.5 Å². The Kier molecular flexibility index (Phi) is 6.70. The predicted octanol–water partition coefficient (Wildman–Crippen LogP) is 3.13. The molecule has 2 aliphatic heterocycles. The van der Waals surface area contributed by atoms with E-state index in [2.05, 4.69) is 38.3 Å². The standard InChI is InChI=1S/C25H27F2N7O/c1-33-11-4-5-17(33)15-35-25-31-23-19(24(32-25)34-12-10-29-16(14-34)8-9-28)13-30-22(21(23)27)18-6-2-3-7-20(18)26/h2-3,6-7,13,16-17,29H,4-5,8,10-12,14-15H2,1H3/t16-,17-/m0/s1. The molecule has 8 nitrogen and oxygen atoms in total. The fourth-order valence-electron chi connectivity index (χ4n) is 4.79. The lowest BCUT2D eigenvalue weighted by molar-refractivity contribution is 0.188. The number of pyridine rings is 1. The number of nitriles is 1. The van der Waals surface area contributed by atoms with Crippen LogP contribution in [0.1, 0.15) is 19.3 Å². The van der Waals surface area contributed by atoms with Crippen LogP contribution >= 0.6 is 0 Å². The monoisotopic (exact) mass is 479 g/mol. The Balaban J connectivity index is 1.57. The molecule has 0 spiro atoms. The minimum Gasteiger partial charge on any atom is -0.462 e. The summed E-state index contributed by atoms with van der Waals surface area (Å²) < 4.78 is 36.2. The number of rotatable bonds is 6. The largest absolute Gasteiger partial charge is 0.462 e. The van der Waals surface area contributed by atoms with Crippen LogP contribution in [0, 0.1) is 23.0 Å². The van der Waals surface area contributed by atoms with E-state index in [9.17, 15) is 4.39 Å². The zero-order valence-electron chi connectivity index (χ0n) is 19.5. The molecule has 0 bridgehead atoms. The van der Waals surface area contributed by atoms with Crippen molar-refractivity contribution in [2.24, 2.45) is 0 Å². The lowest BCUT2D eigenvalue weighted by Crippen LogP contribution is -2.51. The van der Waals surface area contributed by atoms with Crippen LogP contribution in [-0.4, -0.2) is 71.8 Å². The van der Waals surface area contributed by atoms with Gasteiger partial charge in [-0.1, -0.05) is 12.1 Å². The number of hydrogen-bond donors (Lipinski definition) is 1. The molecule has 2 atom stereocenters. The van der Waals surface area contributed by atoms with E-state index < -0.39 is 11.6 Å². The molecule has 2 fully saturated rings. The molecule has 10 heteroatoms. The first-order valence-corrected chi connectivity index (χ1v) is 11.8. The molecular formula is C25H27F2N7O. The van der Waals surface area contributed by atoms with Crippen molar-refractivity contribution in [3.63, 3.8) is 0 Å². The summed E-state index contributed by atoms with van der Waals surface area (Å²) in [5.74, 6) is -0.779. The average molecular weight is 480 g/mol. The molecule has 5 rings (SSSR count). The number of likely N-dealkylation sites (tertiary alicyclic amines) is 1. The Labute approximate surface area is 202 Å². The third-order valence-electron chi connectivity index (χ3n) is 6.74. The minimum atomic E-state index is -0.720. The highest BCUT2D eigenvalue weighted by molar-refractivity contribution is 5.92. The molecule has 4 heterocycles. The van der Waals surface area contributed by atoms with Crippen molar-refractivity contribution >= 4 is 16.7 Å². The number of aromatic nitrogens is 3. The van der Waals surface area contributed by atoms with Gasteiger partial charge in [-0.25, -0.2) is 8.78 Å². The number of likely N-dealkylation sites (N-methyl/N-ethyl adjacent to an activating group) is 1. The normalized spacial score (nSPS) is 20.8. The van der Waals surface area contributed by atoms with E-state index in [4.69, 9.17) is 10.00 Å². The van der Waals surface area contributed by atoms with Crippen LogP contribution in [0.25, 0.3) is 22.2 Å². The summed E-state index contributed by atoms with van der Waals surface area (Å²) in [5, 5.41) is 12.9. The van der Waals surface area contributed by atoms with E-state index in [1.54, 1.807) is 12.1 Å². The number of hydrogen-bond acceptors (Lipinski definition) is 8. The molecule has 35 heavy (non-hydrogen) atoms. The van der Waals surface area contributed by atoms with Crippen LogP contribution in [0.3, 0.4) is 0 Å². The molecule has 182 valence electrons. The highest BCUT2D eigenvalue weighted by Crippen LogP contribution is 2.33. The van der Waals surface area contributed by atoms with Gasteiger partial charge in [-0.2, -0.15) is 15.2 Å². The van der Waals surface area contributed by atoms with Gasteiger partial charge in [0.1, 0.15) is 29.5 Å². The summed E-state index contributed by atoms with van der Waals surface area (Å²) in [6, 6.07) is 8.43. The van der Waals surface area contributed by atoms with E-state index in [0.29, 0.717) is 43.9 Å².